The number of carbonyl (C=O) groups excluding carboxylic acids is 4. The van der Waals surface area contributed by atoms with Crippen molar-refractivity contribution >= 4 is 29.5 Å². The van der Waals surface area contributed by atoms with E-state index in [2.05, 4.69) is 21.2 Å². The van der Waals surface area contributed by atoms with E-state index in [1.807, 2.05) is 0 Å². The molecule has 9 heteroatoms. The van der Waals surface area contributed by atoms with Crippen molar-refractivity contribution in [1.82, 2.24) is 21.0 Å². The van der Waals surface area contributed by atoms with Crippen LogP contribution in [0, 0.1) is 0 Å². The van der Waals surface area contributed by atoms with Crippen molar-refractivity contribution in [2.45, 2.75) is 31.2 Å². The van der Waals surface area contributed by atoms with Crippen molar-refractivity contribution in [1.29, 1.82) is 0 Å². The molecule has 9 nitrogen and oxygen atoms in total. The van der Waals surface area contributed by atoms with Crippen molar-refractivity contribution in [2.24, 2.45) is 5.10 Å². The fourth-order valence-corrected chi connectivity index (χ4v) is 2.86. The van der Waals surface area contributed by atoms with Crippen LogP contribution in [0.1, 0.15) is 25.7 Å². The Bertz CT molecular complexity index is 572. The molecule has 3 aliphatic heterocycles. The van der Waals surface area contributed by atoms with Crippen LogP contribution >= 0.6 is 0 Å². The van der Waals surface area contributed by atoms with E-state index in [1.165, 1.54) is 4.90 Å². The van der Waals surface area contributed by atoms with E-state index in [9.17, 15) is 19.2 Å². The summed E-state index contributed by atoms with van der Waals surface area (Å²) in [6.07, 6.45) is 1.62. The van der Waals surface area contributed by atoms with Crippen molar-refractivity contribution in [3.05, 3.63) is 0 Å². The fraction of sp³-hybridized carbons (Fsp3) is 0.583. The van der Waals surface area contributed by atoms with Crippen LogP contribution in [-0.2, 0) is 14.4 Å². The zero-order valence-electron chi connectivity index (χ0n) is 11.3. The first-order valence-corrected chi connectivity index (χ1v) is 6.78. The Hall–Kier alpha value is -2.45. The van der Waals surface area contributed by atoms with E-state index in [-0.39, 0.29) is 36.9 Å². The maximum atomic E-state index is 12.4. The van der Waals surface area contributed by atoms with Crippen LogP contribution in [0.3, 0.4) is 0 Å². The number of likely N-dealkylation sites (tertiary alicyclic amines) is 1. The number of carbonyl (C=O) groups is 4. The third-order valence-corrected chi connectivity index (χ3v) is 3.95. The largest absolute Gasteiger partial charge is 0.335 e. The number of rotatable bonds is 1. The molecule has 2 saturated heterocycles. The molecule has 1 unspecified atom stereocenters. The van der Waals surface area contributed by atoms with Crippen LogP contribution in [0.5, 0.6) is 0 Å². The number of hydrazone groups is 1. The average molecular weight is 293 g/mol. The van der Waals surface area contributed by atoms with Crippen LogP contribution in [0.4, 0.5) is 4.79 Å². The Morgan fingerprint density at radius 2 is 2.05 bits per heavy atom. The summed E-state index contributed by atoms with van der Waals surface area (Å²) in [4.78, 5) is 48.2. The number of imide groups is 1. The van der Waals surface area contributed by atoms with Gasteiger partial charge in [-0.15, -0.1) is 0 Å². The second-order valence-corrected chi connectivity index (χ2v) is 5.41. The Morgan fingerprint density at radius 1 is 1.24 bits per heavy atom. The van der Waals surface area contributed by atoms with Gasteiger partial charge in [0.25, 0.3) is 11.8 Å². The summed E-state index contributed by atoms with van der Waals surface area (Å²) >= 11 is 0. The summed E-state index contributed by atoms with van der Waals surface area (Å²) in [5.74, 6) is -0.920. The summed E-state index contributed by atoms with van der Waals surface area (Å²) < 4.78 is 0. The van der Waals surface area contributed by atoms with Crippen molar-refractivity contribution in [3.63, 3.8) is 0 Å². The molecule has 1 spiro atoms. The normalized spacial score (nSPS) is 28.9. The van der Waals surface area contributed by atoms with Crippen molar-refractivity contribution in [3.8, 4) is 0 Å². The van der Waals surface area contributed by atoms with E-state index >= 15 is 0 Å². The quantitative estimate of drug-likeness (QED) is 0.507. The number of piperidine rings is 1. The second kappa shape index (κ2) is 4.83. The summed E-state index contributed by atoms with van der Waals surface area (Å²) in [5.41, 5.74) is 1.52. The summed E-state index contributed by atoms with van der Waals surface area (Å²) in [6, 6.07) is -0.531. The monoisotopic (exact) mass is 293 g/mol. The highest BCUT2D eigenvalue weighted by atomic mass is 16.2. The number of hydrogen-bond donors (Lipinski definition) is 3. The highest BCUT2D eigenvalue weighted by Gasteiger charge is 2.49. The second-order valence-electron chi connectivity index (χ2n) is 5.41. The minimum Gasteiger partial charge on any atom is -0.335 e. The first-order valence-electron chi connectivity index (χ1n) is 6.78. The van der Waals surface area contributed by atoms with Crippen LogP contribution < -0.4 is 16.1 Å². The molecule has 3 N–H and O–H groups in total. The Balaban J connectivity index is 1.74. The van der Waals surface area contributed by atoms with Gasteiger partial charge in [-0.3, -0.25) is 19.7 Å². The van der Waals surface area contributed by atoms with Gasteiger partial charge in [0.05, 0.1) is 6.54 Å². The molecule has 0 radical (unpaired) electrons. The van der Waals surface area contributed by atoms with Crippen LogP contribution in [-0.4, -0.2) is 53.0 Å². The number of nitrogens with one attached hydrogen (secondary N) is 3. The van der Waals surface area contributed by atoms with Gasteiger partial charge in [0.1, 0.15) is 11.3 Å². The van der Waals surface area contributed by atoms with Gasteiger partial charge < -0.3 is 10.2 Å². The Kier molecular flexibility index (Phi) is 3.11. The lowest BCUT2D eigenvalue weighted by atomic mass is 9.89. The lowest BCUT2D eigenvalue weighted by Gasteiger charge is -2.38. The third-order valence-electron chi connectivity index (χ3n) is 3.95. The molecular formula is C12H15N5O4. The topological polar surface area (TPSA) is 120 Å². The molecule has 5 amide bonds. The molecular weight excluding hydrogens is 278 g/mol. The van der Waals surface area contributed by atoms with Crippen LogP contribution in [0.25, 0.3) is 0 Å². The first kappa shape index (κ1) is 13.5. The molecule has 0 saturated carbocycles. The maximum absolute atomic E-state index is 12.4. The van der Waals surface area contributed by atoms with E-state index in [0.29, 0.717) is 19.4 Å². The zero-order valence-corrected chi connectivity index (χ0v) is 11.3. The fourth-order valence-electron chi connectivity index (χ4n) is 2.86. The molecule has 0 aromatic heterocycles. The van der Waals surface area contributed by atoms with Crippen LogP contribution in [0.2, 0.25) is 0 Å². The van der Waals surface area contributed by atoms with Crippen molar-refractivity contribution < 1.29 is 19.2 Å². The molecule has 112 valence electrons. The van der Waals surface area contributed by atoms with Gasteiger partial charge in [-0.1, -0.05) is 0 Å². The summed E-state index contributed by atoms with van der Waals surface area (Å²) in [5, 5.41) is 8.59. The smallest absolute Gasteiger partial charge is 0.322 e. The molecule has 1 atom stereocenters. The van der Waals surface area contributed by atoms with E-state index in [4.69, 9.17) is 0 Å². The lowest BCUT2D eigenvalue weighted by molar-refractivity contribution is -0.131. The molecule has 0 aromatic rings. The average Bonchev–Trinajstić information content (AvgIpc) is 2.73. The number of amides is 5. The van der Waals surface area contributed by atoms with Gasteiger partial charge in [0.2, 0.25) is 5.91 Å². The number of nitrogens with zero attached hydrogens (tertiary/aromatic N) is 2. The highest BCUT2D eigenvalue weighted by Crippen LogP contribution is 2.25. The number of hydrogen-bond acceptors (Lipinski definition) is 5. The molecule has 0 bridgehead atoms. The highest BCUT2D eigenvalue weighted by molar-refractivity contribution is 6.39. The molecule has 3 rings (SSSR count). The lowest BCUT2D eigenvalue weighted by Crippen LogP contribution is -2.60. The van der Waals surface area contributed by atoms with Gasteiger partial charge in [-0.25, -0.2) is 10.2 Å². The van der Waals surface area contributed by atoms with Gasteiger partial charge >= 0.3 is 6.03 Å². The zero-order chi connectivity index (χ0) is 15.0. The van der Waals surface area contributed by atoms with Gasteiger partial charge in [-0.2, -0.15) is 5.10 Å². The molecule has 0 aromatic carbocycles. The molecule has 0 aliphatic carbocycles. The van der Waals surface area contributed by atoms with Gasteiger partial charge in [-0.05, 0) is 12.8 Å². The summed E-state index contributed by atoms with van der Waals surface area (Å²) in [7, 11) is 0. The number of urea groups is 1. The van der Waals surface area contributed by atoms with Crippen LogP contribution in [0.15, 0.2) is 5.10 Å². The van der Waals surface area contributed by atoms with Gasteiger partial charge in [0, 0.05) is 19.4 Å². The maximum Gasteiger partial charge on any atom is 0.322 e. The molecule has 3 heterocycles. The standard InChI is InChI=1S/C12H15N5O4/c18-8-3-2-7(15-16-8)9(19)17-5-1-4-12(6-17)10(20)13-11(21)14-12/h1-6H2,(H,16,18)(H2,13,14,20,21). The first-order chi connectivity index (χ1) is 10.00. The Morgan fingerprint density at radius 3 is 2.67 bits per heavy atom. The minimum atomic E-state index is -1.04. The van der Waals surface area contributed by atoms with E-state index in [0.717, 1.165) is 0 Å². The summed E-state index contributed by atoms with van der Waals surface area (Å²) in [6.45, 7) is 0.618. The predicted octanol–water partition coefficient (Wildman–Crippen LogP) is -1.55. The molecule has 3 aliphatic rings. The predicted molar refractivity (Wildman–Crippen MR) is 70.0 cm³/mol. The molecule has 21 heavy (non-hydrogen) atoms. The van der Waals surface area contributed by atoms with Crippen molar-refractivity contribution in [2.75, 3.05) is 13.1 Å². The third kappa shape index (κ3) is 2.34. The minimum absolute atomic E-state index is 0.121. The SMILES string of the molecule is O=C1CCC(C(=O)N2CCCC3(C2)NC(=O)NC3=O)=NN1. The van der Waals surface area contributed by atoms with E-state index < -0.39 is 17.5 Å². The molecule has 2 fully saturated rings. The van der Waals surface area contributed by atoms with E-state index in [1.54, 1.807) is 0 Å². The van der Waals surface area contributed by atoms with Gasteiger partial charge in [0.15, 0.2) is 0 Å². The Labute approximate surface area is 120 Å².